The van der Waals surface area contributed by atoms with Gasteiger partial charge in [-0.05, 0) is 12.8 Å². The van der Waals surface area contributed by atoms with Crippen molar-refractivity contribution >= 4 is 17.7 Å². The minimum absolute atomic E-state index is 0.196. The second kappa shape index (κ2) is 2.67. The molecule has 14 heavy (non-hydrogen) atoms. The summed E-state index contributed by atoms with van der Waals surface area (Å²) in [5.41, 5.74) is -0.391. The molecule has 0 heterocycles. The Kier molecular flexibility index (Phi) is 1.70. The zero-order chi connectivity index (χ0) is 10.5. The lowest BCUT2D eigenvalue weighted by molar-refractivity contribution is -0.136. The number of rotatable bonds is 2. The van der Waals surface area contributed by atoms with Crippen LogP contribution in [0.5, 0.6) is 0 Å². The molecule has 2 atom stereocenters. The molecule has 0 aromatic carbocycles. The van der Waals surface area contributed by atoms with E-state index in [1.165, 1.54) is 0 Å². The monoisotopic (exact) mass is 196 g/mol. The lowest BCUT2D eigenvalue weighted by Gasteiger charge is -2.11. The van der Waals surface area contributed by atoms with Gasteiger partial charge in [0.05, 0.1) is 23.0 Å². The summed E-state index contributed by atoms with van der Waals surface area (Å²) in [6.45, 7) is 0. The summed E-state index contributed by atoms with van der Waals surface area (Å²) >= 11 is 0. The van der Waals surface area contributed by atoms with Gasteiger partial charge in [-0.3, -0.25) is 4.79 Å². The van der Waals surface area contributed by atoms with E-state index in [0.717, 1.165) is 0 Å². The Morgan fingerprint density at radius 3 is 1.64 bits per heavy atom. The van der Waals surface area contributed by atoms with Crippen LogP contribution in [-0.4, -0.2) is 27.9 Å². The van der Waals surface area contributed by atoms with Gasteiger partial charge in [0.25, 0.3) is 0 Å². The summed E-state index contributed by atoms with van der Waals surface area (Å²) in [5, 5.41) is 17.6. The Labute approximate surface area is 79.0 Å². The smallest absolute Gasteiger partial charge is 0.332 e. The van der Waals surface area contributed by atoms with E-state index in [1.54, 1.807) is 0 Å². The zero-order valence-corrected chi connectivity index (χ0v) is 7.19. The van der Waals surface area contributed by atoms with Gasteiger partial charge in [-0.25, -0.2) is 9.59 Å². The van der Waals surface area contributed by atoms with Crippen molar-refractivity contribution in [1.82, 2.24) is 0 Å². The first-order valence-corrected chi connectivity index (χ1v) is 4.28. The van der Waals surface area contributed by atoms with Crippen molar-refractivity contribution < 1.29 is 24.6 Å². The summed E-state index contributed by atoms with van der Waals surface area (Å²) in [5.74, 6) is -4.14. The highest BCUT2D eigenvalue weighted by Crippen LogP contribution is 2.45. The van der Waals surface area contributed by atoms with Gasteiger partial charge in [-0.2, -0.15) is 0 Å². The molecule has 5 nitrogen and oxygen atoms in total. The number of carbonyl (C=O) groups excluding carboxylic acids is 1. The van der Waals surface area contributed by atoms with Crippen LogP contribution in [0.1, 0.15) is 12.8 Å². The third kappa shape index (κ3) is 0.921. The van der Waals surface area contributed by atoms with Gasteiger partial charge >= 0.3 is 11.9 Å². The van der Waals surface area contributed by atoms with Crippen LogP contribution in [0.25, 0.3) is 0 Å². The first-order valence-electron chi connectivity index (χ1n) is 4.28. The molecule has 2 unspecified atom stereocenters. The van der Waals surface area contributed by atoms with Crippen LogP contribution in [0.3, 0.4) is 0 Å². The van der Waals surface area contributed by atoms with Crippen molar-refractivity contribution in [2.45, 2.75) is 12.8 Å². The van der Waals surface area contributed by atoms with Crippen LogP contribution >= 0.6 is 0 Å². The highest BCUT2D eigenvalue weighted by molar-refractivity contribution is 6.13. The van der Waals surface area contributed by atoms with Crippen molar-refractivity contribution in [3.63, 3.8) is 0 Å². The van der Waals surface area contributed by atoms with Gasteiger partial charge in [0, 0.05) is 0 Å². The Balaban J connectivity index is 2.55. The van der Waals surface area contributed by atoms with E-state index in [-0.39, 0.29) is 16.9 Å². The first-order chi connectivity index (χ1) is 6.54. The first kappa shape index (κ1) is 8.93. The topological polar surface area (TPSA) is 91.7 Å². The molecule has 5 heteroatoms. The molecule has 2 N–H and O–H groups in total. The lowest BCUT2D eigenvalue weighted by Crippen LogP contribution is -2.17. The molecular weight excluding hydrogens is 188 g/mol. The summed E-state index contributed by atoms with van der Waals surface area (Å²) in [6, 6.07) is 0. The molecule has 2 bridgehead atoms. The summed E-state index contributed by atoms with van der Waals surface area (Å²) in [7, 11) is 0. The van der Waals surface area contributed by atoms with Crippen LogP contribution in [0.2, 0.25) is 0 Å². The van der Waals surface area contributed by atoms with E-state index >= 15 is 0 Å². The second-order valence-corrected chi connectivity index (χ2v) is 3.52. The van der Waals surface area contributed by atoms with Crippen LogP contribution in [-0.2, 0) is 14.4 Å². The molecule has 0 amide bonds. The molecule has 2 aliphatic rings. The molecule has 0 aromatic heterocycles. The van der Waals surface area contributed by atoms with Crippen LogP contribution in [0.4, 0.5) is 0 Å². The maximum absolute atomic E-state index is 11.4. The highest BCUT2D eigenvalue weighted by Gasteiger charge is 2.51. The average molecular weight is 196 g/mol. The molecule has 0 aliphatic heterocycles. The maximum atomic E-state index is 11.4. The Morgan fingerprint density at radius 1 is 1.00 bits per heavy atom. The van der Waals surface area contributed by atoms with Crippen LogP contribution < -0.4 is 0 Å². The number of hydrogen-bond acceptors (Lipinski definition) is 3. The standard InChI is InChI=1S/C9H8O5/c10-7-3-1-2-4(7)6(9(13)14)5(3)8(11)12/h3-4H,1-2H2,(H,11,12)(H,13,14). The largest absolute Gasteiger partial charge is 0.478 e. The lowest BCUT2D eigenvalue weighted by atomic mass is 9.92. The van der Waals surface area contributed by atoms with Crippen molar-refractivity contribution in [3.8, 4) is 0 Å². The Morgan fingerprint density at radius 2 is 1.36 bits per heavy atom. The number of carboxylic acid groups (broad SMARTS) is 2. The molecule has 74 valence electrons. The molecule has 0 saturated heterocycles. The van der Waals surface area contributed by atoms with Crippen molar-refractivity contribution in [3.05, 3.63) is 11.1 Å². The van der Waals surface area contributed by atoms with Gasteiger partial charge in [-0.1, -0.05) is 0 Å². The number of fused-ring (bicyclic) bond motifs is 2. The fraction of sp³-hybridized carbons (Fsp3) is 0.444. The summed E-state index contributed by atoms with van der Waals surface area (Å²) in [4.78, 5) is 33.0. The Hall–Kier alpha value is -1.65. The molecule has 2 aliphatic carbocycles. The average Bonchev–Trinajstić information content (AvgIpc) is 2.58. The second-order valence-electron chi connectivity index (χ2n) is 3.52. The fourth-order valence-electron chi connectivity index (χ4n) is 2.34. The number of hydrogen-bond donors (Lipinski definition) is 2. The number of carboxylic acids is 2. The molecule has 2 rings (SSSR count). The molecule has 0 aromatic rings. The third-order valence-corrected chi connectivity index (χ3v) is 2.88. The summed E-state index contributed by atoms with van der Waals surface area (Å²) in [6.07, 6.45) is 0.948. The van der Waals surface area contributed by atoms with Crippen molar-refractivity contribution in [2.24, 2.45) is 11.8 Å². The number of Topliss-reactive ketones (excluding diaryl/α,β-unsaturated/α-hetero) is 1. The van der Waals surface area contributed by atoms with Gasteiger partial charge in [0.1, 0.15) is 5.78 Å². The maximum Gasteiger partial charge on any atom is 0.332 e. The number of carbonyl (C=O) groups is 3. The molecule has 0 spiro atoms. The normalized spacial score (nSPS) is 29.9. The zero-order valence-electron chi connectivity index (χ0n) is 7.19. The van der Waals surface area contributed by atoms with E-state index < -0.39 is 23.8 Å². The quantitative estimate of drug-likeness (QED) is 0.651. The Bertz CT molecular complexity index is 345. The molecule has 1 saturated carbocycles. The number of aliphatic carboxylic acids is 2. The molecular formula is C9H8O5. The van der Waals surface area contributed by atoms with E-state index in [0.29, 0.717) is 12.8 Å². The van der Waals surface area contributed by atoms with Crippen LogP contribution in [0, 0.1) is 11.8 Å². The van der Waals surface area contributed by atoms with Crippen LogP contribution in [0.15, 0.2) is 11.1 Å². The van der Waals surface area contributed by atoms with E-state index in [9.17, 15) is 14.4 Å². The predicted octanol–water partition coefficient (Wildman–Crippen LogP) is 0.0611. The number of ketones is 1. The fourth-order valence-corrected chi connectivity index (χ4v) is 2.34. The van der Waals surface area contributed by atoms with Crippen molar-refractivity contribution in [2.75, 3.05) is 0 Å². The van der Waals surface area contributed by atoms with E-state index in [2.05, 4.69) is 0 Å². The van der Waals surface area contributed by atoms with E-state index in [1.807, 2.05) is 0 Å². The minimum atomic E-state index is -1.28. The van der Waals surface area contributed by atoms with Gasteiger partial charge < -0.3 is 10.2 Å². The van der Waals surface area contributed by atoms with Gasteiger partial charge in [0.15, 0.2) is 0 Å². The highest BCUT2D eigenvalue weighted by atomic mass is 16.4. The molecule has 0 radical (unpaired) electrons. The SMILES string of the molecule is O=C(O)C1=C(C(=O)O)C2CCC1C2=O. The summed E-state index contributed by atoms with van der Waals surface area (Å²) < 4.78 is 0. The van der Waals surface area contributed by atoms with Gasteiger partial charge in [-0.15, -0.1) is 0 Å². The third-order valence-electron chi connectivity index (χ3n) is 2.88. The van der Waals surface area contributed by atoms with Gasteiger partial charge in [0.2, 0.25) is 0 Å². The minimum Gasteiger partial charge on any atom is -0.478 e. The van der Waals surface area contributed by atoms with E-state index in [4.69, 9.17) is 10.2 Å². The van der Waals surface area contributed by atoms with Crippen molar-refractivity contribution in [1.29, 1.82) is 0 Å². The molecule has 1 fully saturated rings. The predicted molar refractivity (Wildman–Crippen MR) is 43.5 cm³/mol.